The molecule has 2 N–H and O–H groups in total. The molecule has 16 heteroatoms. The molecule has 0 spiro atoms. The summed E-state index contributed by atoms with van der Waals surface area (Å²) in [5, 5.41) is 15.7. The second-order valence-corrected chi connectivity index (χ2v) is 14.3. The number of carbonyl (C=O) groups is 5. The van der Waals surface area contributed by atoms with Gasteiger partial charge in [0.05, 0.1) is 34.0 Å². The Balaban J connectivity index is 0.994. The largest absolute Gasteiger partial charge is 0.488 e. The smallest absolute Gasteiger partial charge is 0.262 e. The van der Waals surface area contributed by atoms with Crippen molar-refractivity contribution in [2.45, 2.75) is 49.9 Å². The van der Waals surface area contributed by atoms with E-state index in [4.69, 9.17) is 25.8 Å². The molecule has 1 aromatic heterocycles. The van der Waals surface area contributed by atoms with Crippen molar-refractivity contribution in [2.24, 2.45) is 0 Å². The molecule has 0 radical (unpaired) electrons. The third kappa shape index (κ3) is 8.62. The highest BCUT2D eigenvalue weighted by atomic mass is 35.5. The van der Waals surface area contributed by atoms with Crippen LogP contribution in [0.2, 0.25) is 5.02 Å². The number of carbonyl (C=O) groups excluding carboxylic acids is 5. The number of rotatable bonds is 14. The van der Waals surface area contributed by atoms with E-state index in [-0.39, 0.29) is 65.8 Å². The fourth-order valence-corrected chi connectivity index (χ4v) is 6.79. The van der Waals surface area contributed by atoms with E-state index >= 15 is 0 Å². The topological polar surface area (TPSA) is 190 Å². The Morgan fingerprint density at radius 3 is 2.51 bits per heavy atom. The Labute approximate surface area is 325 Å². The van der Waals surface area contributed by atoms with Crippen LogP contribution in [0.1, 0.15) is 69.8 Å². The predicted molar refractivity (Wildman–Crippen MR) is 201 cm³/mol. The van der Waals surface area contributed by atoms with Gasteiger partial charge in [0.15, 0.2) is 10.9 Å². The van der Waals surface area contributed by atoms with Gasteiger partial charge in [-0.05, 0) is 72.3 Å². The number of hydrogen-bond donors (Lipinski definition) is 2. The highest BCUT2D eigenvalue weighted by molar-refractivity contribution is 7.98. The number of hydrogen-bond acceptors (Lipinski definition) is 12. The average molecular weight is 783 g/mol. The fraction of sp³-hybridized carbons (Fsp3) is 0.282. The molecule has 5 amide bonds. The van der Waals surface area contributed by atoms with Crippen LogP contribution in [-0.2, 0) is 31.1 Å². The zero-order valence-electron chi connectivity index (χ0n) is 30.0. The van der Waals surface area contributed by atoms with Crippen molar-refractivity contribution in [3.63, 3.8) is 0 Å². The molecule has 1 saturated heterocycles. The average Bonchev–Trinajstić information content (AvgIpc) is 3.42. The lowest BCUT2D eigenvalue weighted by atomic mass is 9.77. The molecule has 1 unspecified atom stereocenters. The highest BCUT2D eigenvalue weighted by Gasteiger charge is 2.44. The van der Waals surface area contributed by atoms with E-state index in [2.05, 4.69) is 26.7 Å². The molecule has 0 bridgehead atoms. The van der Waals surface area contributed by atoms with E-state index in [0.717, 1.165) is 21.7 Å². The minimum atomic E-state index is -1.09. The number of piperidine rings is 1. The number of halogens is 1. The molecule has 14 nitrogen and oxygen atoms in total. The number of imide groups is 2. The summed E-state index contributed by atoms with van der Waals surface area (Å²) < 4.78 is 17.2. The van der Waals surface area contributed by atoms with Crippen LogP contribution in [0.25, 0.3) is 0 Å². The zero-order valence-corrected chi connectivity index (χ0v) is 31.6. The molecule has 6 rings (SSSR count). The summed E-state index contributed by atoms with van der Waals surface area (Å²) in [6.45, 7) is 3.98. The van der Waals surface area contributed by atoms with Gasteiger partial charge in [0.25, 0.3) is 11.8 Å². The molecule has 3 aromatic carbocycles. The van der Waals surface area contributed by atoms with Crippen LogP contribution in [-0.4, -0.2) is 76.5 Å². The van der Waals surface area contributed by atoms with Crippen molar-refractivity contribution >= 4 is 58.6 Å². The number of thioether (sulfide) groups is 1. The van der Waals surface area contributed by atoms with Gasteiger partial charge in [0.2, 0.25) is 17.7 Å². The Morgan fingerprint density at radius 1 is 1.02 bits per heavy atom. The van der Waals surface area contributed by atoms with E-state index in [1.165, 1.54) is 30.0 Å². The lowest BCUT2D eigenvalue weighted by molar-refractivity contribution is -0.136. The van der Waals surface area contributed by atoms with E-state index in [9.17, 15) is 29.2 Å². The summed E-state index contributed by atoms with van der Waals surface area (Å²) in [4.78, 5) is 71.9. The van der Waals surface area contributed by atoms with Crippen LogP contribution >= 0.6 is 23.4 Å². The lowest BCUT2D eigenvalue weighted by Gasteiger charge is -2.27. The number of aromatic nitrogens is 2. The first-order chi connectivity index (χ1) is 26.4. The number of nitriles is 1. The molecule has 1 atom stereocenters. The van der Waals surface area contributed by atoms with Crippen LogP contribution < -0.4 is 20.1 Å². The van der Waals surface area contributed by atoms with Crippen LogP contribution in [0.5, 0.6) is 11.5 Å². The number of benzene rings is 3. The molecule has 3 heterocycles. The SMILES string of the molecule is CSc1nccc(COc2ccc(C(C)(C)c3cc(Cl)c(OCCOCC(=O)Nc4ccc5c(c4)C(=O)N(C4CCC(=O)NC4=O)C5=O)c(C#N)c3)cc2)n1. The Morgan fingerprint density at radius 2 is 1.78 bits per heavy atom. The van der Waals surface area contributed by atoms with Gasteiger partial charge < -0.3 is 19.5 Å². The van der Waals surface area contributed by atoms with Crippen LogP contribution in [0.15, 0.2) is 72.0 Å². The van der Waals surface area contributed by atoms with Crippen molar-refractivity contribution in [1.29, 1.82) is 5.26 Å². The van der Waals surface area contributed by atoms with Gasteiger partial charge in [0.1, 0.15) is 37.7 Å². The molecular weight excluding hydrogens is 748 g/mol. The standard InChI is InChI=1S/C39H35ClN6O8S/c1-39(2,23-4-7-27(8-5-23)54-20-26-12-13-42-38(44-26)55-3)24-16-22(19-41)34(30(40)17-24)53-15-14-52-21-33(48)43-25-6-9-28-29(18-25)37(51)46(36(28)50)31-10-11-32(47)45-35(31)49/h4-9,12-13,16-18,31H,10-11,14-15,20-21H2,1-3H3,(H,43,48)(H,45,47,49). The number of fused-ring (bicyclic) bond motifs is 1. The van der Waals surface area contributed by atoms with Gasteiger partial charge in [-0.15, -0.1) is 0 Å². The van der Waals surface area contributed by atoms with Gasteiger partial charge in [0, 0.05) is 23.7 Å². The molecule has 55 heavy (non-hydrogen) atoms. The maximum Gasteiger partial charge on any atom is 0.262 e. The van der Waals surface area contributed by atoms with Crippen molar-refractivity contribution in [2.75, 3.05) is 31.4 Å². The zero-order chi connectivity index (χ0) is 39.3. The number of amides is 5. The second kappa shape index (κ2) is 16.7. The summed E-state index contributed by atoms with van der Waals surface area (Å²) in [6.07, 6.45) is 3.66. The van der Waals surface area contributed by atoms with Gasteiger partial charge in [-0.3, -0.25) is 34.2 Å². The molecule has 1 fully saturated rings. The van der Waals surface area contributed by atoms with Gasteiger partial charge >= 0.3 is 0 Å². The molecule has 2 aliphatic heterocycles. The number of nitrogens with one attached hydrogen (secondary N) is 2. The molecular formula is C39H35ClN6O8S. The summed E-state index contributed by atoms with van der Waals surface area (Å²) in [6, 6.07) is 18.3. The normalized spacial score (nSPS) is 15.3. The Kier molecular flexibility index (Phi) is 11.8. The molecule has 2 aliphatic rings. The van der Waals surface area contributed by atoms with Gasteiger partial charge in [-0.25, -0.2) is 9.97 Å². The highest BCUT2D eigenvalue weighted by Crippen LogP contribution is 2.39. The summed E-state index contributed by atoms with van der Waals surface area (Å²) in [5.41, 5.74) is 2.63. The van der Waals surface area contributed by atoms with Crippen molar-refractivity contribution < 1.29 is 38.2 Å². The maximum absolute atomic E-state index is 13.1. The monoisotopic (exact) mass is 782 g/mol. The molecule has 4 aromatic rings. The first kappa shape index (κ1) is 38.9. The fourth-order valence-electron chi connectivity index (χ4n) is 6.14. The number of nitrogens with zero attached hydrogens (tertiary/aromatic N) is 4. The van der Waals surface area contributed by atoms with Crippen LogP contribution in [0.4, 0.5) is 5.69 Å². The van der Waals surface area contributed by atoms with Crippen LogP contribution in [0, 0.1) is 11.3 Å². The minimum absolute atomic E-state index is 0.00719. The van der Waals surface area contributed by atoms with E-state index in [0.29, 0.717) is 17.5 Å². The van der Waals surface area contributed by atoms with Gasteiger partial charge in [-0.2, -0.15) is 5.26 Å². The first-order valence-electron chi connectivity index (χ1n) is 17.1. The van der Waals surface area contributed by atoms with E-state index in [1.54, 1.807) is 18.3 Å². The van der Waals surface area contributed by atoms with E-state index < -0.39 is 41.0 Å². The summed E-state index contributed by atoms with van der Waals surface area (Å²) in [5.74, 6) is -2.17. The second-order valence-electron chi connectivity index (χ2n) is 13.1. The van der Waals surface area contributed by atoms with E-state index in [1.807, 2.05) is 50.4 Å². The molecule has 0 aliphatic carbocycles. The summed E-state index contributed by atoms with van der Waals surface area (Å²) in [7, 11) is 0. The lowest BCUT2D eigenvalue weighted by Crippen LogP contribution is -2.54. The van der Waals surface area contributed by atoms with Crippen molar-refractivity contribution in [1.82, 2.24) is 20.2 Å². The molecule has 0 saturated carbocycles. The third-order valence-electron chi connectivity index (χ3n) is 9.15. The van der Waals surface area contributed by atoms with Crippen molar-refractivity contribution in [3.05, 3.63) is 105 Å². The third-order valence-corrected chi connectivity index (χ3v) is 10.00. The summed E-state index contributed by atoms with van der Waals surface area (Å²) >= 11 is 8.10. The van der Waals surface area contributed by atoms with Crippen molar-refractivity contribution in [3.8, 4) is 17.6 Å². The minimum Gasteiger partial charge on any atom is -0.488 e. The Bertz CT molecular complexity index is 2220. The number of anilines is 1. The molecule has 282 valence electrons. The predicted octanol–water partition coefficient (Wildman–Crippen LogP) is 5.06. The first-order valence-corrected chi connectivity index (χ1v) is 18.7. The van der Waals surface area contributed by atoms with Gasteiger partial charge in [-0.1, -0.05) is 49.3 Å². The number of ether oxygens (including phenoxy) is 3. The Hall–Kier alpha value is -5.82. The van der Waals surface area contributed by atoms with Crippen LogP contribution in [0.3, 0.4) is 0 Å². The quantitative estimate of drug-likeness (QED) is 0.0750. The maximum atomic E-state index is 13.1.